The average molecular weight is 558 g/mol. The number of halogens is 1. The van der Waals surface area contributed by atoms with E-state index in [9.17, 15) is 9.59 Å². The molecule has 6 nitrogen and oxygen atoms in total. The molecule has 2 aromatic rings. The highest BCUT2D eigenvalue weighted by atomic mass is 79.9. The molecule has 2 aromatic carbocycles. The van der Waals surface area contributed by atoms with Crippen molar-refractivity contribution in [1.82, 2.24) is 4.90 Å². The summed E-state index contributed by atoms with van der Waals surface area (Å²) < 4.78 is 12.3. The van der Waals surface area contributed by atoms with Gasteiger partial charge in [-0.3, -0.25) is 9.69 Å². The Balaban J connectivity index is 0.00000304. The molecule has 0 amide bonds. The monoisotopic (exact) mass is 556 g/mol. The standard InChI is InChI=1S/C29H37N2O4.BrH/c1-34-25-12-10-22(11-13-25)26(32)20-31-18-14-23(15-19-31)27(21-31)35-29(33)28(24-8-4-2-5-9-24)30-16-6-3-7-17-30;/h2,4-5,8-13,23,27-28H,3,6-7,14-21H2,1H3;1H/q+1;/p-1/t23?,27-,28-,31?;/m0./s1. The predicted octanol–water partition coefficient (Wildman–Crippen LogP) is 1.26. The number of piperidine rings is 4. The zero-order chi connectivity index (χ0) is 24.3. The molecule has 0 radical (unpaired) electrons. The molecule has 0 unspecified atom stereocenters. The Labute approximate surface area is 224 Å². The molecule has 7 heteroatoms. The van der Waals surface area contributed by atoms with Crippen LogP contribution in [-0.2, 0) is 9.53 Å². The largest absolute Gasteiger partial charge is 1.00 e. The highest BCUT2D eigenvalue weighted by Gasteiger charge is 2.49. The molecule has 4 aliphatic heterocycles. The number of benzene rings is 2. The van der Waals surface area contributed by atoms with Crippen molar-refractivity contribution in [1.29, 1.82) is 0 Å². The first-order chi connectivity index (χ1) is 17.1. The summed E-state index contributed by atoms with van der Waals surface area (Å²) in [6.45, 7) is 5.02. The molecule has 0 aromatic heterocycles. The Hall–Kier alpha value is -2.22. The van der Waals surface area contributed by atoms with Crippen molar-refractivity contribution in [3.63, 3.8) is 0 Å². The number of ketones is 1. The second-order valence-corrected chi connectivity index (χ2v) is 10.5. The molecule has 4 saturated heterocycles. The third-order valence-corrected chi connectivity index (χ3v) is 8.29. The first kappa shape index (κ1) is 26.8. The lowest BCUT2D eigenvalue weighted by molar-refractivity contribution is -0.938. The number of Topliss-reactive ketones (excluding diaryl/α,β-unsaturated/α-hetero) is 1. The van der Waals surface area contributed by atoms with Crippen LogP contribution in [-0.4, -0.2) is 73.6 Å². The molecule has 194 valence electrons. The van der Waals surface area contributed by atoms with E-state index in [1.165, 1.54) is 6.42 Å². The van der Waals surface area contributed by atoms with Crippen LogP contribution in [0.25, 0.3) is 0 Å². The van der Waals surface area contributed by atoms with Gasteiger partial charge in [-0.2, -0.15) is 0 Å². The van der Waals surface area contributed by atoms with Crippen LogP contribution in [0.3, 0.4) is 0 Å². The van der Waals surface area contributed by atoms with Crippen LogP contribution in [0, 0.1) is 5.92 Å². The number of fused-ring (bicyclic) bond motifs is 3. The van der Waals surface area contributed by atoms with Crippen molar-refractivity contribution in [2.24, 2.45) is 5.92 Å². The minimum absolute atomic E-state index is 0. The van der Waals surface area contributed by atoms with E-state index in [1.54, 1.807) is 7.11 Å². The van der Waals surface area contributed by atoms with Gasteiger partial charge in [-0.15, -0.1) is 0 Å². The van der Waals surface area contributed by atoms with Crippen LogP contribution in [0.4, 0.5) is 0 Å². The lowest BCUT2D eigenvalue weighted by Gasteiger charge is -2.51. The maximum Gasteiger partial charge on any atom is 0.328 e. The van der Waals surface area contributed by atoms with Gasteiger partial charge < -0.3 is 30.9 Å². The summed E-state index contributed by atoms with van der Waals surface area (Å²) in [4.78, 5) is 29.1. The van der Waals surface area contributed by atoms with E-state index < -0.39 is 0 Å². The Morgan fingerprint density at radius 2 is 1.64 bits per heavy atom. The Morgan fingerprint density at radius 3 is 2.28 bits per heavy atom. The molecule has 4 aliphatic rings. The Kier molecular flexibility index (Phi) is 8.86. The molecule has 0 N–H and O–H groups in total. The number of carbonyl (C=O) groups excluding carboxylic acids is 2. The molecular formula is C29H37BrN2O4. The maximum absolute atomic E-state index is 13.6. The number of likely N-dealkylation sites (tertiary alicyclic amines) is 1. The second-order valence-electron chi connectivity index (χ2n) is 10.5. The van der Waals surface area contributed by atoms with Crippen molar-refractivity contribution in [3.05, 3.63) is 65.7 Å². The SMILES string of the molecule is COc1ccc(C(=O)C[N+]23CCC(CC2)[C@@H](OC(=O)[C@H](c2ccccc2)N2CCCCC2)C3)cc1.[Br-]. The summed E-state index contributed by atoms with van der Waals surface area (Å²) in [7, 11) is 1.63. The topological polar surface area (TPSA) is 55.8 Å². The van der Waals surface area contributed by atoms with Crippen LogP contribution in [0.15, 0.2) is 54.6 Å². The summed E-state index contributed by atoms with van der Waals surface area (Å²) in [5.74, 6) is 1.17. The van der Waals surface area contributed by atoms with Crippen molar-refractivity contribution in [2.75, 3.05) is 46.4 Å². The number of carbonyl (C=O) groups is 2. The van der Waals surface area contributed by atoms with Crippen molar-refractivity contribution >= 4 is 11.8 Å². The number of hydrogen-bond acceptors (Lipinski definition) is 5. The van der Waals surface area contributed by atoms with Crippen molar-refractivity contribution in [2.45, 2.75) is 44.2 Å². The van der Waals surface area contributed by atoms with E-state index in [1.807, 2.05) is 54.6 Å². The summed E-state index contributed by atoms with van der Waals surface area (Å²) in [6.07, 6.45) is 5.36. The lowest BCUT2D eigenvalue weighted by Crippen LogP contribution is -3.00. The molecule has 4 fully saturated rings. The quantitative estimate of drug-likeness (QED) is 0.278. The van der Waals surface area contributed by atoms with E-state index in [-0.39, 0.29) is 40.9 Å². The number of ether oxygens (including phenoxy) is 2. The molecule has 0 spiro atoms. The van der Waals surface area contributed by atoms with Gasteiger partial charge in [0.05, 0.1) is 20.2 Å². The first-order valence-electron chi connectivity index (χ1n) is 13.1. The lowest BCUT2D eigenvalue weighted by atomic mass is 9.82. The maximum atomic E-state index is 13.6. The van der Waals surface area contributed by atoms with Gasteiger partial charge in [-0.05, 0) is 55.8 Å². The first-order valence-corrected chi connectivity index (χ1v) is 13.1. The van der Waals surface area contributed by atoms with Gasteiger partial charge in [0, 0.05) is 24.3 Å². The molecule has 0 saturated carbocycles. The molecular weight excluding hydrogens is 520 g/mol. The molecule has 4 heterocycles. The van der Waals surface area contributed by atoms with E-state index >= 15 is 0 Å². The average Bonchev–Trinajstić information content (AvgIpc) is 2.90. The summed E-state index contributed by atoms with van der Waals surface area (Å²) in [5, 5.41) is 0. The fraction of sp³-hybridized carbons (Fsp3) is 0.517. The number of nitrogens with zero attached hydrogens (tertiary/aromatic N) is 2. The summed E-state index contributed by atoms with van der Waals surface area (Å²) in [5.41, 5.74) is 1.73. The van der Waals surface area contributed by atoms with Crippen LogP contribution < -0.4 is 21.7 Å². The highest BCUT2D eigenvalue weighted by molar-refractivity contribution is 5.97. The van der Waals surface area contributed by atoms with Gasteiger partial charge in [-0.1, -0.05) is 36.8 Å². The number of esters is 1. The third kappa shape index (κ3) is 5.84. The number of rotatable bonds is 8. The Morgan fingerprint density at radius 1 is 0.972 bits per heavy atom. The molecule has 2 bridgehead atoms. The normalized spacial score (nSPS) is 26.5. The summed E-state index contributed by atoms with van der Waals surface area (Å²) in [6, 6.07) is 17.1. The number of methoxy groups -OCH3 is 1. The second kappa shape index (κ2) is 11.9. The molecule has 0 aliphatic carbocycles. The van der Waals surface area contributed by atoms with Crippen molar-refractivity contribution < 1.29 is 40.5 Å². The van der Waals surface area contributed by atoms with Crippen LogP contribution >= 0.6 is 0 Å². The van der Waals surface area contributed by atoms with Gasteiger partial charge >= 0.3 is 5.97 Å². The number of quaternary nitrogens is 1. The van der Waals surface area contributed by atoms with Crippen LogP contribution in [0.1, 0.15) is 54.1 Å². The minimum atomic E-state index is -0.346. The van der Waals surface area contributed by atoms with Gasteiger partial charge in [0.25, 0.3) is 0 Å². The zero-order valence-corrected chi connectivity index (χ0v) is 22.7. The highest BCUT2D eigenvalue weighted by Crippen LogP contribution is 2.37. The van der Waals surface area contributed by atoms with E-state index in [0.717, 1.165) is 74.2 Å². The zero-order valence-electron chi connectivity index (χ0n) is 21.1. The van der Waals surface area contributed by atoms with E-state index in [0.29, 0.717) is 18.0 Å². The van der Waals surface area contributed by atoms with Crippen LogP contribution in [0.2, 0.25) is 0 Å². The van der Waals surface area contributed by atoms with Gasteiger partial charge in [-0.25, -0.2) is 4.79 Å². The van der Waals surface area contributed by atoms with Crippen LogP contribution in [0.5, 0.6) is 5.75 Å². The van der Waals surface area contributed by atoms with Gasteiger partial charge in [0.1, 0.15) is 24.9 Å². The molecule has 2 atom stereocenters. The van der Waals surface area contributed by atoms with E-state index in [2.05, 4.69) is 4.90 Å². The molecule has 6 rings (SSSR count). The molecule has 36 heavy (non-hydrogen) atoms. The fourth-order valence-corrected chi connectivity index (χ4v) is 6.27. The Bertz CT molecular complexity index is 1020. The number of hydrogen-bond donors (Lipinski definition) is 0. The fourth-order valence-electron chi connectivity index (χ4n) is 6.27. The van der Waals surface area contributed by atoms with Gasteiger partial charge in [0.2, 0.25) is 5.78 Å². The third-order valence-electron chi connectivity index (χ3n) is 8.29. The predicted molar refractivity (Wildman–Crippen MR) is 134 cm³/mol. The van der Waals surface area contributed by atoms with Gasteiger partial charge in [0.15, 0.2) is 6.10 Å². The van der Waals surface area contributed by atoms with Crippen molar-refractivity contribution in [3.8, 4) is 5.75 Å². The summed E-state index contributed by atoms with van der Waals surface area (Å²) >= 11 is 0. The smallest absolute Gasteiger partial charge is 0.328 e. The van der Waals surface area contributed by atoms with E-state index in [4.69, 9.17) is 9.47 Å². The minimum Gasteiger partial charge on any atom is -1.00 e.